The number of nitrogens with zero attached hydrogens (tertiary/aromatic N) is 1. The molecule has 0 aromatic heterocycles. The second kappa shape index (κ2) is 9.69. The molecule has 1 amide bonds. The maximum atomic E-state index is 12.1. The van der Waals surface area contributed by atoms with Crippen LogP contribution >= 0.6 is 0 Å². The highest BCUT2D eigenvalue weighted by atomic mass is 16.5. The fourth-order valence-corrected chi connectivity index (χ4v) is 2.71. The van der Waals surface area contributed by atoms with E-state index in [-0.39, 0.29) is 12.5 Å². The molecular formula is C20H27N3O2. The van der Waals surface area contributed by atoms with Gasteiger partial charge in [0.2, 0.25) is 5.91 Å². The van der Waals surface area contributed by atoms with E-state index >= 15 is 0 Å². The highest BCUT2D eigenvalue weighted by molar-refractivity contribution is 5.92. The van der Waals surface area contributed by atoms with E-state index in [1.54, 1.807) is 7.11 Å². The molecule has 0 fully saturated rings. The smallest absolute Gasteiger partial charge is 0.238 e. The van der Waals surface area contributed by atoms with E-state index in [4.69, 9.17) is 4.74 Å². The first-order valence-electron chi connectivity index (χ1n) is 8.65. The number of hydrogen-bond donors (Lipinski definition) is 2. The predicted molar refractivity (Wildman–Crippen MR) is 103 cm³/mol. The summed E-state index contributed by atoms with van der Waals surface area (Å²) in [5, 5.41) is 6.05. The number of para-hydroxylation sites is 1. The SMILES string of the molecule is CCN(CC)c1ccc(NC(=O)CNCc2ccccc2OC)cc1. The molecule has 0 aliphatic rings. The van der Waals surface area contributed by atoms with E-state index in [0.29, 0.717) is 6.54 Å². The number of hydrogen-bond acceptors (Lipinski definition) is 4. The minimum absolute atomic E-state index is 0.0644. The Morgan fingerprint density at radius 2 is 1.72 bits per heavy atom. The lowest BCUT2D eigenvalue weighted by Gasteiger charge is -2.21. The number of methoxy groups -OCH3 is 1. The van der Waals surface area contributed by atoms with Gasteiger partial charge >= 0.3 is 0 Å². The van der Waals surface area contributed by atoms with Crippen LogP contribution in [-0.4, -0.2) is 32.7 Å². The summed E-state index contributed by atoms with van der Waals surface area (Å²) < 4.78 is 5.30. The van der Waals surface area contributed by atoms with E-state index in [0.717, 1.165) is 35.8 Å². The summed E-state index contributed by atoms with van der Waals surface area (Å²) in [6.45, 7) is 7.03. The quantitative estimate of drug-likeness (QED) is 0.735. The number of amides is 1. The van der Waals surface area contributed by atoms with Crippen LogP contribution in [0.4, 0.5) is 11.4 Å². The van der Waals surface area contributed by atoms with Gasteiger partial charge in [0.05, 0.1) is 13.7 Å². The third-order valence-electron chi connectivity index (χ3n) is 4.07. The van der Waals surface area contributed by atoms with E-state index in [1.807, 2.05) is 48.5 Å². The van der Waals surface area contributed by atoms with Gasteiger partial charge in [-0.05, 0) is 44.2 Å². The topological polar surface area (TPSA) is 53.6 Å². The van der Waals surface area contributed by atoms with Crippen molar-refractivity contribution in [2.45, 2.75) is 20.4 Å². The molecule has 134 valence electrons. The van der Waals surface area contributed by atoms with Gasteiger partial charge in [-0.2, -0.15) is 0 Å². The third kappa shape index (κ3) is 5.50. The Morgan fingerprint density at radius 3 is 2.36 bits per heavy atom. The lowest BCUT2D eigenvalue weighted by molar-refractivity contribution is -0.115. The third-order valence-corrected chi connectivity index (χ3v) is 4.07. The first-order valence-corrected chi connectivity index (χ1v) is 8.65. The van der Waals surface area contributed by atoms with Gasteiger partial charge in [0, 0.05) is 36.6 Å². The van der Waals surface area contributed by atoms with Crippen molar-refractivity contribution in [2.24, 2.45) is 0 Å². The van der Waals surface area contributed by atoms with E-state index in [1.165, 1.54) is 0 Å². The van der Waals surface area contributed by atoms with Crippen molar-refractivity contribution in [3.8, 4) is 5.75 Å². The molecule has 5 heteroatoms. The summed E-state index contributed by atoms with van der Waals surface area (Å²) in [6.07, 6.45) is 0. The van der Waals surface area contributed by atoms with Crippen molar-refractivity contribution >= 4 is 17.3 Å². The maximum Gasteiger partial charge on any atom is 0.238 e. The highest BCUT2D eigenvalue weighted by Gasteiger charge is 2.06. The lowest BCUT2D eigenvalue weighted by Crippen LogP contribution is -2.28. The van der Waals surface area contributed by atoms with Crippen molar-refractivity contribution in [3.05, 3.63) is 54.1 Å². The fraction of sp³-hybridized carbons (Fsp3) is 0.350. The van der Waals surface area contributed by atoms with Gasteiger partial charge in [0.1, 0.15) is 5.75 Å². The van der Waals surface area contributed by atoms with E-state index < -0.39 is 0 Å². The van der Waals surface area contributed by atoms with Gasteiger partial charge in [0.15, 0.2) is 0 Å². The number of rotatable bonds is 9. The highest BCUT2D eigenvalue weighted by Crippen LogP contribution is 2.18. The molecule has 2 rings (SSSR count). The van der Waals surface area contributed by atoms with E-state index in [9.17, 15) is 4.79 Å². The molecule has 0 aliphatic carbocycles. The molecular weight excluding hydrogens is 314 g/mol. The van der Waals surface area contributed by atoms with Crippen molar-refractivity contribution < 1.29 is 9.53 Å². The largest absolute Gasteiger partial charge is 0.496 e. The van der Waals surface area contributed by atoms with Crippen LogP contribution in [0.25, 0.3) is 0 Å². The molecule has 0 heterocycles. The van der Waals surface area contributed by atoms with Gasteiger partial charge in [-0.15, -0.1) is 0 Å². The van der Waals surface area contributed by atoms with Gasteiger partial charge in [-0.1, -0.05) is 18.2 Å². The van der Waals surface area contributed by atoms with Crippen molar-refractivity contribution in [2.75, 3.05) is 37.0 Å². The monoisotopic (exact) mass is 341 g/mol. The average molecular weight is 341 g/mol. The molecule has 0 radical (unpaired) electrons. The van der Waals surface area contributed by atoms with Crippen LogP contribution in [0.1, 0.15) is 19.4 Å². The second-order valence-electron chi connectivity index (χ2n) is 5.68. The summed E-state index contributed by atoms with van der Waals surface area (Å²) in [5.74, 6) is 0.757. The molecule has 25 heavy (non-hydrogen) atoms. The van der Waals surface area contributed by atoms with Crippen LogP contribution in [0.15, 0.2) is 48.5 Å². The molecule has 2 aromatic rings. The Balaban J connectivity index is 1.82. The zero-order valence-electron chi connectivity index (χ0n) is 15.2. The molecule has 0 unspecified atom stereocenters. The Morgan fingerprint density at radius 1 is 1.04 bits per heavy atom. The normalized spacial score (nSPS) is 10.4. The maximum absolute atomic E-state index is 12.1. The number of carbonyl (C=O) groups is 1. The standard InChI is InChI=1S/C20H27N3O2/c1-4-23(5-2)18-12-10-17(11-13-18)22-20(24)15-21-14-16-8-6-7-9-19(16)25-3/h6-13,21H,4-5,14-15H2,1-3H3,(H,22,24). The summed E-state index contributed by atoms with van der Waals surface area (Å²) in [5.41, 5.74) is 3.00. The molecule has 0 atom stereocenters. The Bertz CT molecular complexity index is 667. The zero-order valence-corrected chi connectivity index (χ0v) is 15.2. The van der Waals surface area contributed by atoms with Crippen LogP contribution in [0.3, 0.4) is 0 Å². The van der Waals surface area contributed by atoms with Gasteiger partial charge in [-0.25, -0.2) is 0 Å². The summed E-state index contributed by atoms with van der Waals surface area (Å²) in [4.78, 5) is 14.3. The van der Waals surface area contributed by atoms with E-state index in [2.05, 4.69) is 29.4 Å². The minimum Gasteiger partial charge on any atom is -0.496 e. The number of carbonyl (C=O) groups excluding carboxylic acids is 1. The van der Waals surface area contributed by atoms with Crippen LogP contribution in [-0.2, 0) is 11.3 Å². The van der Waals surface area contributed by atoms with Gasteiger partial charge in [0.25, 0.3) is 0 Å². The van der Waals surface area contributed by atoms with Crippen LogP contribution in [0, 0.1) is 0 Å². The molecule has 2 N–H and O–H groups in total. The molecule has 0 saturated carbocycles. The summed E-state index contributed by atoms with van der Waals surface area (Å²) in [6, 6.07) is 15.7. The number of ether oxygens (including phenoxy) is 1. The lowest BCUT2D eigenvalue weighted by atomic mass is 10.2. The number of anilines is 2. The van der Waals surface area contributed by atoms with Crippen LogP contribution in [0.2, 0.25) is 0 Å². The molecule has 5 nitrogen and oxygen atoms in total. The molecule has 0 aliphatic heterocycles. The van der Waals surface area contributed by atoms with Crippen molar-refractivity contribution in [3.63, 3.8) is 0 Å². The van der Waals surface area contributed by atoms with Crippen molar-refractivity contribution in [1.29, 1.82) is 0 Å². The first-order chi connectivity index (χ1) is 12.2. The predicted octanol–water partition coefficient (Wildman–Crippen LogP) is 3.27. The number of nitrogens with one attached hydrogen (secondary N) is 2. The Labute approximate surface area is 150 Å². The Hall–Kier alpha value is -2.53. The molecule has 0 bridgehead atoms. The second-order valence-corrected chi connectivity index (χ2v) is 5.68. The first kappa shape index (κ1) is 18.8. The fourth-order valence-electron chi connectivity index (χ4n) is 2.71. The Kier molecular flexibility index (Phi) is 7.29. The molecule has 0 saturated heterocycles. The van der Waals surface area contributed by atoms with Gasteiger partial charge < -0.3 is 20.3 Å². The zero-order chi connectivity index (χ0) is 18.1. The van der Waals surface area contributed by atoms with Crippen molar-refractivity contribution in [1.82, 2.24) is 5.32 Å². The minimum atomic E-state index is -0.0644. The molecule has 2 aromatic carbocycles. The summed E-state index contributed by atoms with van der Waals surface area (Å²) >= 11 is 0. The van der Waals surface area contributed by atoms with Crippen LogP contribution < -0.4 is 20.3 Å². The average Bonchev–Trinajstić information content (AvgIpc) is 2.64. The number of benzene rings is 2. The van der Waals surface area contributed by atoms with Gasteiger partial charge in [-0.3, -0.25) is 4.79 Å². The molecule has 0 spiro atoms. The van der Waals surface area contributed by atoms with Crippen LogP contribution in [0.5, 0.6) is 5.75 Å². The summed E-state index contributed by atoms with van der Waals surface area (Å²) in [7, 11) is 1.65.